The topological polar surface area (TPSA) is 29.9 Å². The highest BCUT2D eigenvalue weighted by molar-refractivity contribution is 9.10. The zero-order valence-corrected chi connectivity index (χ0v) is 12.6. The van der Waals surface area contributed by atoms with E-state index in [0.29, 0.717) is 0 Å². The van der Waals surface area contributed by atoms with Gasteiger partial charge in [-0.25, -0.2) is 9.07 Å². The molecule has 0 radical (unpaired) electrons. The van der Waals surface area contributed by atoms with Crippen LogP contribution in [-0.4, -0.2) is 16.3 Å². The molecule has 0 aliphatic carbocycles. The van der Waals surface area contributed by atoms with Crippen molar-refractivity contribution in [2.24, 2.45) is 0 Å². The minimum Gasteiger partial charge on any atom is -0.310 e. The number of nitrogens with one attached hydrogen (secondary N) is 1. The van der Waals surface area contributed by atoms with Gasteiger partial charge in [-0.1, -0.05) is 6.92 Å². The van der Waals surface area contributed by atoms with E-state index in [0.717, 1.165) is 28.7 Å². The van der Waals surface area contributed by atoms with Gasteiger partial charge in [0.2, 0.25) is 0 Å². The van der Waals surface area contributed by atoms with Crippen LogP contribution in [0.15, 0.2) is 35.1 Å². The lowest BCUT2D eigenvalue weighted by Gasteiger charge is -2.17. The molecule has 1 heterocycles. The summed E-state index contributed by atoms with van der Waals surface area (Å²) in [6, 6.07) is 4.86. The molecular formula is C14H17BrFN3. The van der Waals surface area contributed by atoms with Gasteiger partial charge in [0.15, 0.2) is 0 Å². The van der Waals surface area contributed by atoms with Crippen molar-refractivity contribution in [2.45, 2.75) is 26.3 Å². The Morgan fingerprint density at radius 3 is 2.89 bits per heavy atom. The Labute approximate surface area is 121 Å². The molecule has 0 saturated heterocycles. The average molecular weight is 326 g/mol. The van der Waals surface area contributed by atoms with Crippen molar-refractivity contribution in [3.63, 3.8) is 0 Å². The minimum absolute atomic E-state index is 0.0774. The monoisotopic (exact) mass is 325 g/mol. The maximum atomic E-state index is 13.5. The number of aromatic nitrogens is 2. The summed E-state index contributed by atoms with van der Waals surface area (Å²) in [4.78, 5) is 0. The van der Waals surface area contributed by atoms with Crippen LogP contribution in [-0.2, 0) is 0 Å². The first kappa shape index (κ1) is 14.2. The molecule has 0 spiro atoms. The zero-order valence-electron chi connectivity index (χ0n) is 11.0. The fourth-order valence-electron chi connectivity index (χ4n) is 1.98. The second-order valence-electron chi connectivity index (χ2n) is 4.48. The van der Waals surface area contributed by atoms with Gasteiger partial charge in [-0.2, -0.15) is 5.10 Å². The maximum absolute atomic E-state index is 13.5. The fraction of sp³-hybridized carbons (Fsp3) is 0.357. The second kappa shape index (κ2) is 6.30. The van der Waals surface area contributed by atoms with Crippen molar-refractivity contribution in [3.05, 3.63) is 46.4 Å². The van der Waals surface area contributed by atoms with Gasteiger partial charge in [0.05, 0.1) is 16.4 Å². The van der Waals surface area contributed by atoms with Gasteiger partial charge in [0.1, 0.15) is 5.82 Å². The number of halogens is 2. The smallest absolute Gasteiger partial charge is 0.123 e. The van der Waals surface area contributed by atoms with Crippen molar-refractivity contribution in [1.82, 2.24) is 15.1 Å². The van der Waals surface area contributed by atoms with E-state index in [-0.39, 0.29) is 11.9 Å². The first-order chi connectivity index (χ1) is 9.11. The summed E-state index contributed by atoms with van der Waals surface area (Å²) in [5.41, 5.74) is 1.80. The lowest BCUT2D eigenvalue weighted by Crippen LogP contribution is -2.21. The van der Waals surface area contributed by atoms with Crippen LogP contribution in [0.5, 0.6) is 0 Å². The summed E-state index contributed by atoms with van der Waals surface area (Å²) in [6.45, 7) is 5.04. The molecule has 0 saturated carbocycles. The Balaban J connectivity index is 2.37. The van der Waals surface area contributed by atoms with Crippen molar-refractivity contribution in [1.29, 1.82) is 0 Å². The van der Waals surface area contributed by atoms with Gasteiger partial charge in [0.25, 0.3) is 0 Å². The maximum Gasteiger partial charge on any atom is 0.123 e. The summed E-state index contributed by atoms with van der Waals surface area (Å²) in [6.07, 6.45) is 4.63. The summed E-state index contributed by atoms with van der Waals surface area (Å²) in [7, 11) is 0. The highest BCUT2D eigenvalue weighted by atomic mass is 79.9. The first-order valence-corrected chi connectivity index (χ1v) is 7.14. The number of nitrogens with zero attached hydrogens (tertiary/aromatic N) is 2. The molecule has 0 amide bonds. The molecule has 2 aromatic rings. The van der Waals surface area contributed by atoms with Crippen LogP contribution in [0.4, 0.5) is 4.39 Å². The van der Waals surface area contributed by atoms with E-state index in [9.17, 15) is 4.39 Å². The Morgan fingerprint density at radius 1 is 1.47 bits per heavy atom. The van der Waals surface area contributed by atoms with Gasteiger partial charge in [-0.05, 0) is 59.6 Å². The van der Waals surface area contributed by atoms with Crippen LogP contribution in [0.1, 0.15) is 31.9 Å². The average Bonchev–Trinajstić information content (AvgIpc) is 2.82. The Kier molecular flexibility index (Phi) is 4.71. The van der Waals surface area contributed by atoms with E-state index in [4.69, 9.17) is 0 Å². The van der Waals surface area contributed by atoms with E-state index in [2.05, 4.69) is 33.3 Å². The molecule has 2 rings (SSSR count). The molecule has 5 heteroatoms. The van der Waals surface area contributed by atoms with Crippen molar-refractivity contribution in [2.75, 3.05) is 6.54 Å². The Bertz CT molecular complexity index is 553. The Morgan fingerprint density at radius 2 is 2.26 bits per heavy atom. The molecule has 0 fully saturated rings. The van der Waals surface area contributed by atoms with Crippen LogP contribution in [0.2, 0.25) is 0 Å². The van der Waals surface area contributed by atoms with Gasteiger partial charge in [0, 0.05) is 12.2 Å². The molecular weight excluding hydrogens is 309 g/mol. The van der Waals surface area contributed by atoms with Gasteiger partial charge in [-0.15, -0.1) is 0 Å². The summed E-state index contributed by atoms with van der Waals surface area (Å²) in [5, 5.41) is 7.63. The summed E-state index contributed by atoms with van der Waals surface area (Å²) >= 11 is 3.37. The van der Waals surface area contributed by atoms with Crippen LogP contribution >= 0.6 is 15.9 Å². The lowest BCUT2D eigenvalue weighted by atomic mass is 10.1. The number of rotatable bonds is 5. The SMILES string of the molecule is CCCNC(C)c1cc(F)ccc1-n1cc(Br)cn1. The van der Waals surface area contributed by atoms with E-state index in [1.54, 1.807) is 23.0 Å². The largest absolute Gasteiger partial charge is 0.310 e. The second-order valence-corrected chi connectivity index (χ2v) is 5.40. The molecule has 1 aromatic carbocycles. The normalized spacial score (nSPS) is 12.6. The van der Waals surface area contributed by atoms with Crippen LogP contribution in [0.25, 0.3) is 5.69 Å². The molecule has 3 nitrogen and oxygen atoms in total. The predicted molar refractivity (Wildman–Crippen MR) is 77.9 cm³/mol. The van der Waals surface area contributed by atoms with Gasteiger partial charge >= 0.3 is 0 Å². The quantitative estimate of drug-likeness (QED) is 0.905. The molecule has 0 aliphatic rings. The van der Waals surface area contributed by atoms with Crippen LogP contribution in [0, 0.1) is 5.82 Å². The van der Waals surface area contributed by atoms with Crippen molar-refractivity contribution < 1.29 is 4.39 Å². The third-order valence-electron chi connectivity index (χ3n) is 2.95. The highest BCUT2D eigenvalue weighted by Gasteiger charge is 2.13. The number of benzene rings is 1. The first-order valence-electron chi connectivity index (χ1n) is 6.35. The molecule has 1 atom stereocenters. The van der Waals surface area contributed by atoms with E-state index in [1.807, 2.05) is 13.1 Å². The van der Waals surface area contributed by atoms with Crippen LogP contribution in [0.3, 0.4) is 0 Å². The van der Waals surface area contributed by atoms with E-state index >= 15 is 0 Å². The predicted octanol–water partition coefficient (Wildman–Crippen LogP) is 3.83. The highest BCUT2D eigenvalue weighted by Crippen LogP contribution is 2.23. The van der Waals surface area contributed by atoms with E-state index in [1.165, 1.54) is 6.07 Å². The fourth-order valence-corrected chi connectivity index (χ4v) is 2.27. The van der Waals surface area contributed by atoms with Crippen molar-refractivity contribution >= 4 is 15.9 Å². The third kappa shape index (κ3) is 3.42. The summed E-state index contributed by atoms with van der Waals surface area (Å²) < 4.78 is 16.1. The lowest BCUT2D eigenvalue weighted by molar-refractivity contribution is 0.558. The Hall–Kier alpha value is -1.20. The zero-order chi connectivity index (χ0) is 13.8. The van der Waals surface area contributed by atoms with Gasteiger partial charge in [-0.3, -0.25) is 0 Å². The molecule has 1 N–H and O–H groups in total. The molecule has 1 unspecified atom stereocenters. The summed E-state index contributed by atoms with van der Waals surface area (Å²) in [5.74, 6) is -0.227. The molecule has 0 bridgehead atoms. The standard InChI is InChI=1S/C14H17BrFN3/c1-3-6-17-10(2)13-7-12(16)4-5-14(13)19-9-11(15)8-18-19/h4-5,7-10,17H,3,6H2,1-2H3. The van der Waals surface area contributed by atoms with E-state index < -0.39 is 0 Å². The third-order valence-corrected chi connectivity index (χ3v) is 3.36. The molecule has 1 aromatic heterocycles. The van der Waals surface area contributed by atoms with Crippen molar-refractivity contribution in [3.8, 4) is 5.69 Å². The number of hydrogen-bond acceptors (Lipinski definition) is 2. The number of hydrogen-bond donors (Lipinski definition) is 1. The molecule has 102 valence electrons. The van der Waals surface area contributed by atoms with Gasteiger partial charge < -0.3 is 5.32 Å². The minimum atomic E-state index is -0.227. The molecule has 0 aliphatic heterocycles. The van der Waals surface area contributed by atoms with Crippen LogP contribution < -0.4 is 5.32 Å². The molecule has 19 heavy (non-hydrogen) atoms.